The van der Waals surface area contributed by atoms with Crippen molar-refractivity contribution >= 4 is 11.6 Å². The summed E-state index contributed by atoms with van der Waals surface area (Å²) in [6.45, 7) is 3.24. The summed E-state index contributed by atoms with van der Waals surface area (Å²) in [6.07, 6.45) is 4.93. The van der Waals surface area contributed by atoms with Crippen LogP contribution < -0.4 is 0 Å². The van der Waals surface area contributed by atoms with Crippen molar-refractivity contribution in [3.8, 4) is 0 Å². The number of ether oxygens (including phenoxy) is 1. The van der Waals surface area contributed by atoms with Crippen LogP contribution in [0.5, 0.6) is 0 Å². The van der Waals surface area contributed by atoms with E-state index in [9.17, 15) is 25.1 Å². The summed E-state index contributed by atoms with van der Waals surface area (Å²) in [5, 5.41) is 30.6. The first kappa shape index (κ1) is 18.9. The van der Waals surface area contributed by atoms with Crippen LogP contribution in [0.3, 0.4) is 0 Å². The maximum absolute atomic E-state index is 12.7. The molecular weight excluding hydrogens is 364 g/mol. The Kier molecular flexibility index (Phi) is 3.72. The summed E-state index contributed by atoms with van der Waals surface area (Å²) in [5.74, 6) is -0.411. The molecule has 28 heavy (non-hydrogen) atoms. The number of hydrogen-bond donors (Lipinski definition) is 3. The molecule has 3 N–H and O–H groups in total. The van der Waals surface area contributed by atoms with Gasteiger partial charge in [-0.05, 0) is 62.0 Å². The predicted octanol–water partition coefficient (Wildman–Crippen LogP) is 1.27. The Hall–Kier alpha value is -1.12. The van der Waals surface area contributed by atoms with E-state index in [0.29, 0.717) is 25.7 Å². The lowest BCUT2D eigenvalue weighted by Crippen LogP contribution is -2.66. The average molecular weight is 392 g/mol. The van der Waals surface area contributed by atoms with E-state index in [2.05, 4.69) is 0 Å². The predicted molar refractivity (Wildman–Crippen MR) is 96.1 cm³/mol. The maximum Gasteiger partial charge on any atom is 0.190 e. The molecular formula is C21H28O7. The molecule has 0 radical (unpaired) electrons. The molecule has 0 bridgehead atoms. The SMILES string of the molecule is C[C@]12[C@@H]3[C@H]4CC[C@@]1(OO)C=CC(=O)[C@H]2O[C@H]3C[C@@]1(C)[C@H]4CC[C@]1(O)C(=O)CO. The van der Waals surface area contributed by atoms with E-state index in [-0.39, 0.29) is 29.6 Å². The van der Waals surface area contributed by atoms with E-state index >= 15 is 0 Å². The highest BCUT2D eigenvalue weighted by Gasteiger charge is 2.76. The molecule has 154 valence electrons. The van der Waals surface area contributed by atoms with E-state index in [4.69, 9.17) is 9.62 Å². The number of aliphatic hydroxyl groups excluding tert-OH is 1. The van der Waals surface area contributed by atoms with Crippen LogP contribution in [-0.4, -0.2) is 57.1 Å². The van der Waals surface area contributed by atoms with Crippen LogP contribution in [0.2, 0.25) is 0 Å². The standard InChI is InChI=1S/C21H28O7/c1-18-9-14-16-11(12(18)4-8-21(18,25)15(24)10-22)3-6-20(28-26)7-5-13(23)17(27-14)19(16,20)2/h5,7,11-12,14,16-17,22,25-26H,3-4,6,8-10H2,1-2H3/t11-,12-,14-,16+,17+,18-,19+,20+,21-/m0/s1. The minimum Gasteiger partial charge on any atom is -0.388 e. The Labute approximate surface area is 163 Å². The number of carbonyl (C=O) groups excluding carboxylic acids is 2. The molecule has 5 rings (SSSR count). The Morgan fingerprint density at radius 3 is 2.75 bits per heavy atom. The highest BCUT2D eigenvalue weighted by Crippen LogP contribution is 2.72. The number of hydrogen-bond acceptors (Lipinski definition) is 7. The van der Waals surface area contributed by atoms with Crippen LogP contribution in [0.4, 0.5) is 0 Å². The van der Waals surface area contributed by atoms with Crippen molar-refractivity contribution in [2.75, 3.05) is 6.61 Å². The summed E-state index contributed by atoms with van der Waals surface area (Å²) < 4.78 is 6.30. The van der Waals surface area contributed by atoms with Crippen molar-refractivity contribution in [2.45, 2.75) is 69.4 Å². The molecule has 4 fully saturated rings. The normalized spacial score (nSPS) is 56.5. The van der Waals surface area contributed by atoms with E-state index < -0.39 is 40.5 Å². The third-order valence-corrected chi connectivity index (χ3v) is 9.44. The van der Waals surface area contributed by atoms with Crippen LogP contribution in [0.1, 0.15) is 46.0 Å². The van der Waals surface area contributed by atoms with Crippen LogP contribution in [-0.2, 0) is 19.2 Å². The third kappa shape index (κ3) is 1.80. The molecule has 4 aliphatic carbocycles. The number of rotatable bonds is 3. The molecule has 0 aromatic heterocycles. The third-order valence-electron chi connectivity index (χ3n) is 9.44. The lowest BCUT2D eigenvalue weighted by atomic mass is 9.44. The van der Waals surface area contributed by atoms with E-state index in [1.54, 1.807) is 6.08 Å². The smallest absolute Gasteiger partial charge is 0.190 e. The highest BCUT2D eigenvalue weighted by atomic mass is 17.1. The fourth-order valence-corrected chi connectivity index (χ4v) is 8.04. The Morgan fingerprint density at radius 2 is 2.07 bits per heavy atom. The zero-order valence-corrected chi connectivity index (χ0v) is 16.3. The van der Waals surface area contributed by atoms with Gasteiger partial charge in [0.05, 0.1) is 6.10 Å². The van der Waals surface area contributed by atoms with Crippen LogP contribution >= 0.6 is 0 Å². The van der Waals surface area contributed by atoms with Gasteiger partial charge in [0, 0.05) is 10.8 Å². The Morgan fingerprint density at radius 1 is 1.32 bits per heavy atom. The van der Waals surface area contributed by atoms with Gasteiger partial charge in [-0.3, -0.25) is 14.8 Å². The van der Waals surface area contributed by atoms with Gasteiger partial charge >= 0.3 is 0 Å². The lowest BCUT2D eigenvalue weighted by molar-refractivity contribution is -0.356. The summed E-state index contributed by atoms with van der Waals surface area (Å²) in [5.41, 5.74) is -3.92. The molecule has 7 heteroatoms. The lowest BCUT2D eigenvalue weighted by Gasteiger charge is -2.60. The molecule has 5 aliphatic rings. The molecule has 1 aliphatic heterocycles. The van der Waals surface area contributed by atoms with Crippen molar-refractivity contribution in [3.63, 3.8) is 0 Å². The van der Waals surface area contributed by atoms with Gasteiger partial charge in [-0.2, -0.15) is 0 Å². The quantitative estimate of drug-likeness (QED) is 0.490. The van der Waals surface area contributed by atoms with E-state index in [1.807, 2.05) is 13.8 Å². The van der Waals surface area contributed by atoms with Crippen LogP contribution in [0.15, 0.2) is 12.2 Å². The second kappa shape index (κ2) is 5.52. The molecule has 0 amide bonds. The number of carbonyl (C=O) groups is 2. The van der Waals surface area contributed by atoms with Crippen molar-refractivity contribution in [1.82, 2.24) is 0 Å². The topological polar surface area (TPSA) is 113 Å². The molecule has 0 aromatic rings. The first-order chi connectivity index (χ1) is 13.2. The fraction of sp³-hybridized carbons (Fsp3) is 0.810. The van der Waals surface area contributed by atoms with Gasteiger partial charge in [-0.25, -0.2) is 4.89 Å². The van der Waals surface area contributed by atoms with Crippen molar-refractivity contribution < 1.29 is 34.7 Å². The van der Waals surface area contributed by atoms with Gasteiger partial charge in [0.15, 0.2) is 11.6 Å². The first-order valence-corrected chi connectivity index (χ1v) is 10.3. The molecule has 1 saturated heterocycles. The van der Waals surface area contributed by atoms with E-state index in [1.165, 1.54) is 6.08 Å². The summed E-state index contributed by atoms with van der Waals surface area (Å²) >= 11 is 0. The number of aliphatic hydroxyl groups is 2. The van der Waals surface area contributed by atoms with E-state index in [0.717, 1.165) is 6.42 Å². The molecule has 0 spiro atoms. The van der Waals surface area contributed by atoms with Gasteiger partial charge in [0.25, 0.3) is 0 Å². The van der Waals surface area contributed by atoms with Crippen LogP contribution in [0.25, 0.3) is 0 Å². The minimum atomic E-state index is -1.57. The van der Waals surface area contributed by atoms with Crippen molar-refractivity contribution in [2.24, 2.45) is 28.6 Å². The van der Waals surface area contributed by atoms with Gasteiger partial charge in [0.2, 0.25) is 0 Å². The Bertz CT molecular complexity index is 779. The average Bonchev–Trinajstić information content (AvgIpc) is 3.13. The first-order valence-electron chi connectivity index (χ1n) is 10.3. The summed E-state index contributed by atoms with van der Waals surface area (Å²) in [7, 11) is 0. The number of Topliss-reactive ketones (excluding diaryl/α,β-unsaturated/α-hetero) is 1. The second-order valence-corrected chi connectivity index (χ2v) is 9.99. The number of fused-ring (bicyclic) bond motifs is 2. The summed E-state index contributed by atoms with van der Waals surface area (Å²) in [4.78, 5) is 30.2. The fourth-order valence-electron chi connectivity index (χ4n) is 8.04. The van der Waals surface area contributed by atoms with Gasteiger partial charge in [0.1, 0.15) is 23.9 Å². The highest BCUT2D eigenvalue weighted by molar-refractivity contribution is 5.96. The zero-order valence-electron chi connectivity index (χ0n) is 16.3. The van der Waals surface area contributed by atoms with Crippen molar-refractivity contribution in [3.05, 3.63) is 12.2 Å². The zero-order chi connectivity index (χ0) is 20.1. The van der Waals surface area contributed by atoms with Crippen LogP contribution in [0, 0.1) is 28.6 Å². The minimum absolute atomic E-state index is 0.00282. The molecule has 1 heterocycles. The molecule has 3 saturated carbocycles. The van der Waals surface area contributed by atoms with Crippen molar-refractivity contribution in [1.29, 1.82) is 0 Å². The Balaban J connectivity index is 1.62. The van der Waals surface area contributed by atoms with Gasteiger partial charge < -0.3 is 14.9 Å². The maximum atomic E-state index is 12.7. The molecule has 0 aromatic carbocycles. The molecule has 7 nitrogen and oxygen atoms in total. The second-order valence-electron chi connectivity index (χ2n) is 9.99. The molecule has 9 atom stereocenters. The largest absolute Gasteiger partial charge is 0.388 e. The summed E-state index contributed by atoms with van der Waals surface area (Å²) in [6, 6.07) is 0. The molecule has 0 unspecified atom stereocenters. The monoisotopic (exact) mass is 392 g/mol. The van der Waals surface area contributed by atoms with Gasteiger partial charge in [-0.1, -0.05) is 13.8 Å². The number of ketones is 2. The van der Waals surface area contributed by atoms with Gasteiger partial charge in [-0.15, -0.1) is 0 Å².